The van der Waals surface area contributed by atoms with E-state index in [0.29, 0.717) is 12.8 Å². The lowest BCUT2D eigenvalue weighted by Crippen LogP contribution is -2.31. The molecule has 1 aromatic carbocycles. The van der Waals surface area contributed by atoms with Gasteiger partial charge in [0.15, 0.2) is 0 Å². The Hall–Kier alpha value is -1.07. The predicted molar refractivity (Wildman–Crippen MR) is 62.0 cm³/mol. The van der Waals surface area contributed by atoms with Crippen LogP contribution in [0.2, 0.25) is 0 Å². The van der Waals surface area contributed by atoms with Crippen molar-refractivity contribution in [1.82, 2.24) is 5.32 Å². The second-order valence-corrected chi connectivity index (χ2v) is 4.62. The molecule has 0 spiro atoms. The largest absolute Gasteiger partial charge is 0.416 e. The van der Waals surface area contributed by atoms with Crippen LogP contribution in [-0.4, -0.2) is 18.2 Å². The fraction of sp³-hybridized carbons (Fsp3) is 0.538. The zero-order valence-electron chi connectivity index (χ0n) is 9.87. The summed E-state index contributed by atoms with van der Waals surface area (Å²) in [6.07, 6.45) is -4.05. The van der Waals surface area contributed by atoms with Crippen LogP contribution in [0.5, 0.6) is 0 Å². The number of aliphatic hydroxyl groups is 1. The van der Waals surface area contributed by atoms with E-state index in [1.54, 1.807) is 0 Å². The maximum atomic E-state index is 12.9. The minimum atomic E-state index is -4.41. The van der Waals surface area contributed by atoms with Gasteiger partial charge < -0.3 is 10.4 Å². The van der Waals surface area contributed by atoms with Crippen LogP contribution in [0.4, 0.5) is 13.2 Å². The molecule has 1 saturated heterocycles. The SMILES string of the molecule is OC(c1ccccc1C(F)(F)F)C1CCNCC1. The first-order chi connectivity index (χ1) is 8.50. The smallest absolute Gasteiger partial charge is 0.388 e. The molecule has 18 heavy (non-hydrogen) atoms. The molecule has 5 heteroatoms. The number of halogens is 3. The molecule has 1 aromatic rings. The zero-order valence-corrected chi connectivity index (χ0v) is 9.87. The number of hydrogen-bond donors (Lipinski definition) is 2. The summed E-state index contributed by atoms with van der Waals surface area (Å²) in [5, 5.41) is 13.3. The molecule has 1 atom stereocenters. The maximum Gasteiger partial charge on any atom is 0.416 e. The molecule has 0 aliphatic carbocycles. The Kier molecular flexibility index (Phi) is 3.92. The van der Waals surface area contributed by atoms with Crippen LogP contribution >= 0.6 is 0 Å². The number of hydrogen-bond acceptors (Lipinski definition) is 2. The van der Waals surface area contributed by atoms with Gasteiger partial charge >= 0.3 is 6.18 Å². The standard InChI is InChI=1S/C13H16F3NO/c14-13(15,16)11-4-2-1-3-10(11)12(18)9-5-7-17-8-6-9/h1-4,9,12,17-18H,5-8H2. The molecule has 1 unspecified atom stereocenters. The summed E-state index contributed by atoms with van der Waals surface area (Å²) in [5.41, 5.74) is -0.729. The van der Waals surface area contributed by atoms with Crippen LogP contribution in [-0.2, 0) is 6.18 Å². The Bertz CT molecular complexity index is 399. The molecule has 0 amide bonds. The van der Waals surface area contributed by atoms with Gasteiger partial charge in [0, 0.05) is 0 Å². The van der Waals surface area contributed by atoms with Gasteiger partial charge in [0.25, 0.3) is 0 Å². The predicted octanol–water partition coefficient (Wildman–Crippen LogP) is 2.74. The molecule has 1 aliphatic rings. The Morgan fingerprint density at radius 2 is 1.78 bits per heavy atom. The average Bonchev–Trinajstić information content (AvgIpc) is 2.38. The Balaban J connectivity index is 2.26. The number of nitrogens with one attached hydrogen (secondary N) is 1. The van der Waals surface area contributed by atoms with Crippen molar-refractivity contribution in [2.45, 2.75) is 25.1 Å². The van der Waals surface area contributed by atoms with Crippen molar-refractivity contribution < 1.29 is 18.3 Å². The van der Waals surface area contributed by atoms with E-state index in [1.807, 2.05) is 0 Å². The van der Waals surface area contributed by atoms with Crippen molar-refractivity contribution in [1.29, 1.82) is 0 Å². The lowest BCUT2D eigenvalue weighted by Gasteiger charge is -2.29. The van der Waals surface area contributed by atoms with E-state index in [9.17, 15) is 18.3 Å². The summed E-state index contributed by atoms with van der Waals surface area (Å²) in [6, 6.07) is 5.28. The van der Waals surface area contributed by atoms with Gasteiger partial charge in [-0.05, 0) is 43.5 Å². The van der Waals surface area contributed by atoms with Crippen molar-refractivity contribution in [2.24, 2.45) is 5.92 Å². The molecule has 2 rings (SSSR count). The average molecular weight is 259 g/mol. The van der Waals surface area contributed by atoms with Crippen molar-refractivity contribution in [3.8, 4) is 0 Å². The summed E-state index contributed by atoms with van der Waals surface area (Å²) >= 11 is 0. The van der Waals surface area contributed by atoms with Crippen molar-refractivity contribution in [2.75, 3.05) is 13.1 Å². The van der Waals surface area contributed by atoms with E-state index in [-0.39, 0.29) is 11.5 Å². The molecule has 1 fully saturated rings. The minimum absolute atomic E-state index is 0.00287. The summed E-state index contributed by atoms with van der Waals surface area (Å²) in [7, 11) is 0. The summed E-state index contributed by atoms with van der Waals surface area (Å²) < 4.78 is 38.6. The van der Waals surface area contributed by atoms with Crippen LogP contribution < -0.4 is 5.32 Å². The Morgan fingerprint density at radius 1 is 1.17 bits per heavy atom. The quantitative estimate of drug-likeness (QED) is 0.856. The molecule has 2 N–H and O–H groups in total. The fourth-order valence-electron chi connectivity index (χ4n) is 2.43. The van der Waals surface area contributed by atoms with Crippen LogP contribution in [0.15, 0.2) is 24.3 Å². The lowest BCUT2D eigenvalue weighted by atomic mass is 9.86. The molecule has 100 valence electrons. The van der Waals surface area contributed by atoms with Crippen LogP contribution in [0.25, 0.3) is 0 Å². The third kappa shape index (κ3) is 2.84. The first-order valence-corrected chi connectivity index (χ1v) is 6.05. The van der Waals surface area contributed by atoms with E-state index in [1.165, 1.54) is 18.2 Å². The molecule has 1 aliphatic heterocycles. The van der Waals surface area contributed by atoms with Gasteiger partial charge in [-0.25, -0.2) is 0 Å². The second kappa shape index (κ2) is 5.28. The van der Waals surface area contributed by atoms with E-state index in [0.717, 1.165) is 19.2 Å². The summed E-state index contributed by atoms with van der Waals surface area (Å²) in [6.45, 7) is 1.49. The van der Waals surface area contributed by atoms with E-state index in [4.69, 9.17) is 0 Å². The third-order valence-electron chi connectivity index (χ3n) is 3.42. The molecular formula is C13H16F3NO. The number of benzene rings is 1. The van der Waals surface area contributed by atoms with Gasteiger partial charge in [0.1, 0.15) is 0 Å². The highest BCUT2D eigenvalue weighted by Crippen LogP contribution is 2.38. The molecular weight excluding hydrogens is 243 g/mol. The Morgan fingerprint density at radius 3 is 2.39 bits per heavy atom. The van der Waals surface area contributed by atoms with Gasteiger partial charge in [-0.1, -0.05) is 18.2 Å². The highest BCUT2D eigenvalue weighted by atomic mass is 19.4. The van der Waals surface area contributed by atoms with Crippen LogP contribution in [0.3, 0.4) is 0 Å². The second-order valence-electron chi connectivity index (χ2n) is 4.62. The molecule has 1 heterocycles. The number of piperidine rings is 1. The highest BCUT2D eigenvalue weighted by Gasteiger charge is 2.36. The van der Waals surface area contributed by atoms with E-state index in [2.05, 4.69) is 5.32 Å². The van der Waals surface area contributed by atoms with Crippen molar-refractivity contribution in [3.05, 3.63) is 35.4 Å². The number of rotatable bonds is 2. The van der Waals surface area contributed by atoms with Crippen molar-refractivity contribution in [3.63, 3.8) is 0 Å². The third-order valence-corrected chi connectivity index (χ3v) is 3.42. The molecule has 0 saturated carbocycles. The van der Waals surface area contributed by atoms with Gasteiger partial charge in [-0.3, -0.25) is 0 Å². The zero-order chi connectivity index (χ0) is 13.2. The number of aliphatic hydroxyl groups excluding tert-OH is 1. The van der Waals surface area contributed by atoms with Crippen molar-refractivity contribution >= 4 is 0 Å². The first kappa shape index (κ1) is 13.4. The molecule has 0 radical (unpaired) electrons. The highest BCUT2D eigenvalue weighted by molar-refractivity contribution is 5.31. The molecule has 0 bridgehead atoms. The Labute approximate surface area is 104 Å². The molecule has 0 aromatic heterocycles. The van der Waals surface area contributed by atoms with E-state index >= 15 is 0 Å². The minimum Gasteiger partial charge on any atom is -0.388 e. The summed E-state index contributed by atoms with van der Waals surface area (Å²) in [4.78, 5) is 0. The monoisotopic (exact) mass is 259 g/mol. The topological polar surface area (TPSA) is 32.3 Å². The van der Waals surface area contributed by atoms with Gasteiger partial charge in [-0.15, -0.1) is 0 Å². The van der Waals surface area contributed by atoms with Crippen LogP contribution in [0, 0.1) is 5.92 Å². The summed E-state index contributed by atoms with van der Waals surface area (Å²) in [5.74, 6) is -0.102. The molecule has 2 nitrogen and oxygen atoms in total. The first-order valence-electron chi connectivity index (χ1n) is 6.05. The number of alkyl halides is 3. The van der Waals surface area contributed by atoms with Gasteiger partial charge in [0.2, 0.25) is 0 Å². The fourth-order valence-corrected chi connectivity index (χ4v) is 2.43. The van der Waals surface area contributed by atoms with Crippen LogP contribution in [0.1, 0.15) is 30.1 Å². The lowest BCUT2D eigenvalue weighted by molar-refractivity contribution is -0.139. The normalized spacial score (nSPS) is 19.8. The maximum absolute atomic E-state index is 12.9. The van der Waals surface area contributed by atoms with E-state index < -0.39 is 17.8 Å². The van der Waals surface area contributed by atoms with Gasteiger partial charge in [0.05, 0.1) is 11.7 Å². The van der Waals surface area contributed by atoms with Gasteiger partial charge in [-0.2, -0.15) is 13.2 Å².